The number of imidazole rings is 1. The summed E-state index contributed by atoms with van der Waals surface area (Å²) in [6, 6.07) is 13.9. The molecular weight excluding hydrogens is 314 g/mol. The lowest BCUT2D eigenvalue weighted by Crippen LogP contribution is -2.25. The molecule has 0 spiro atoms. The van der Waals surface area contributed by atoms with Crippen LogP contribution < -0.4 is 10.1 Å². The summed E-state index contributed by atoms with van der Waals surface area (Å²) in [7, 11) is 1.67. The number of nitrogens with one attached hydrogen (secondary N) is 1. The van der Waals surface area contributed by atoms with Crippen molar-refractivity contribution in [3.63, 3.8) is 0 Å². The monoisotopic (exact) mass is 335 g/mol. The standard InChI is InChI=1S/C20H21N3O2/c1-13-6-5-9-19-22-14(12-23(13)19)11-21-20(24)17-10-16(17)15-7-3-4-8-18(15)25-2/h3-9,12,16-17H,10-11H2,1-2H3,(H,21,24)/t16-,17-/m0/s1. The number of aryl methyl sites for hydroxylation is 1. The molecule has 0 unspecified atom stereocenters. The molecule has 2 atom stereocenters. The Morgan fingerprint density at radius 3 is 2.92 bits per heavy atom. The van der Waals surface area contributed by atoms with Crippen molar-refractivity contribution in [2.24, 2.45) is 5.92 Å². The summed E-state index contributed by atoms with van der Waals surface area (Å²) in [4.78, 5) is 17.0. The van der Waals surface area contributed by atoms with E-state index in [2.05, 4.69) is 10.3 Å². The van der Waals surface area contributed by atoms with Crippen LogP contribution in [0.2, 0.25) is 0 Å². The number of ether oxygens (including phenoxy) is 1. The van der Waals surface area contributed by atoms with E-state index in [-0.39, 0.29) is 17.7 Å². The van der Waals surface area contributed by atoms with Crippen molar-refractivity contribution in [3.8, 4) is 5.75 Å². The Hall–Kier alpha value is -2.82. The van der Waals surface area contributed by atoms with E-state index in [0.717, 1.165) is 34.8 Å². The van der Waals surface area contributed by atoms with Gasteiger partial charge in [0.25, 0.3) is 0 Å². The first-order valence-corrected chi connectivity index (χ1v) is 8.51. The first-order valence-electron chi connectivity index (χ1n) is 8.51. The highest BCUT2D eigenvalue weighted by Gasteiger charge is 2.45. The van der Waals surface area contributed by atoms with Crippen LogP contribution in [-0.4, -0.2) is 22.4 Å². The predicted octanol–water partition coefficient (Wildman–Crippen LogP) is 3.07. The van der Waals surface area contributed by atoms with E-state index in [9.17, 15) is 4.79 Å². The van der Waals surface area contributed by atoms with Crippen LogP contribution in [0, 0.1) is 12.8 Å². The van der Waals surface area contributed by atoms with Crippen molar-refractivity contribution in [1.82, 2.24) is 14.7 Å². The predicted molar refractivity (Wildman–Crippen MR) is 95.6 cm³/mol. The summed E-state index contributed by atoms with van der Waals surface area (Å²) in [5, 5.41) is 3.02. The number of rotatable bonds is 5. The second-order valence-electron chi connectivity index (χ2n) is 6.54. The van der Waals surface area contributed by atoms with Crippen LogP contribution in [0.3, 0.4) is 0 Å². The molecule has 0 radical (unpaired) electrons. The lowest BCUT2D eigenvalue weighted by atomic mass is 10.1. The molecule has 1 aliphatic carbocycles. The van der Waals surface area contributed by atoms with E-state index in [1.165, 1.54) is 0 Å². The highest BCUT2D eigenvalue weighted by molar-refractivity contribution is 5.83. The molecule has 1 saturated carbocycles. The fourth-order valence-electron chi connectivity index (χ4n) is 3.39. The molecule has 128 valence electrons. The molecule has 1 aromatic carbocycles. The molecule has 1 N–H and O–H groups in total. The van der Waals surface area contributed by atoms with Crippen molar-refractivity contribution in [2.45, 2.75) is 25.8 Å². The normalized spacial score (nSPS) is 19.0. The third-order valence-corrected chi connectivity index (χ3v) is 4.86. The number of pyridine rings is 1. The maximum absolute atomic E-state index is 12.5. The van der Waals surface area contributed by atoms with E-state index < -0.39 is 0 Å². The van der Waals surface area contributed by atoms with Crippen molar-refractivity contribution >= 4 is 11.6 Å². The number of benzene rings is 1. The number of amides is 1. The summed E-state index contributed by atoms with van der Waals surface area (Å²) in [6.45, 7) is 2.49. The molecule has 5 heteroatoms. The SMILES string of the molecule is COc1ccccc1[C@@H]1C[C@@H]1C(=O)NCc1cn2c(C)cccc2n1. The molecule has 0 saturated heterocycles. The molecule has 4 rings (SSSR count). The van der Waals surface area contributed by atoms with Gasteiger partial charge in [0.15, 0.2) is 0 Å². The Balaban J connectivity index is 1.40. The van der Waals surface area contributed by atoms with Gasteiger partial charge in [-0.2, -0.15) is 0 Å². The van der Waals surface area contributed by atoms with Gasteiger partial charge in [-0.3, -0.25) is 4.79 Å². The van der Waals surface area contributed by atoms with Crippen LogP contribution in [0.5, 0.6) is 5.75 Å². The van der Waals surface area contributed by atoms with Crippen molar-refractivity contribution in [3.05, 3.63) is 65.6 Å². The summed E-state index contributed by atoms with van der Waals surface area (Å²) >= 11 is 0. The molecule has 1 aliphatic rings. The molecular formula is C20H21N3O2. The van der Waals surface area contributed by atoms with Gasteiger partial charge in [0.1, 0.15) is 11.4 Å². The van der Waals surface area contributed by atoms with E-state index in [0.29, 0.717) is 6.54 Å². The number of aromatic nitrogens is 2. The third-order valence-electron chi connectivity index (χ3n) is 4.86. The molecule has 3 aromatic rings. The summed E-state index contributed by atoms with van der Waals surface area (Å²) in [6.07, 6.45) is 2.85. The minimum absolute atomic E-state index is 0.0232. The lowest BCUT2D eigenvalue weighted by molar-refractivity contribution is -0.122. The van der Waals surface area contributed by atoms with Gasteiger partial charge in [-0.25, -0.2) is 4.98 Å². The fraction of sp³-hybridized carbons (Fsp3) is 0.300. The second kappa shape index (κ2) is 6.24. The molecule has 5 nitrogen and oxygen atoms in total. The Morgan fingerprint density at radius 1 is 1.28 bits per heavy atom. The Bertz CT molecular complexity index is 932. The molecule has 0 aliphatic heterocycles. The number of fused-ring (bicyclic) bond motifs is 1. The van der Waals surface area contributed by atoms with Gasteiger partial charge in [-0.05, 0) is 43.0 Å². The fourth-order valence-corrected chi connectivity index (χ4v) is 3.39. The van der Waals surface area contributed by atoms with Gasteiger partial charge in [0, 0.05) is 17.8 Å². The maximum atomic E-state index is 12.5. The molecule has 2 aromatic heterocycles. The molecule has 2 heterocycles. The summed E-state index contributed by atoms with van der Waals surface area (Å²) in [5.74, 6) is 1.22. The number of carbonyl (C=O) groups excluding carboxylic acids is 1. The highest BCUT2D eigenvalue weighted by Crippen LogP contribution is 2.50. The molecule has 0 bridgehead atoms. The van der Waals surface area contributed by atoms with Crippen LogP contribution in [0.4, 0.5) is 0 Å². The Kier molecular flexibility index (Phi) is 3.92. The average Bonchev–Trinajstić information content (AvgIpc) is 3.32. The number of methoxy groups -OCH3 is 1. The minimum atomic E-state index is 0.0232. The van der Waals surface area contributed by atoms with Crippen LogP contribution in [0.25, 0.3) is 5.65 Å². The Labute approximate surface area is 146 Å². The zero-order chi connectivity index (χ0) is 17.4. The largest absolute Gasteiger partial charge is 0.496 e. The number of carbonyl (C=O) groups is 1. The first kappa shape index (κ1) is 15.7. The van der Waals surface area contributed by atoms with E-state index in [1.54, 1.807) is 7.11 Å². The van der Waals surface area contributed by atoms with Crippen LogP contribution >= 0.6 is 0 Å². The summed E-state index contributed by atoms with van der Waals surface area (Å²) in [5.41, 5.74) is 4.02. The van der Waals surface area contributed by atoms with E-state index in [1.807, 2.05) is 60.0 Å². The van der Waals surface area contributed by atoms with Crippen molar-refractivity contribution in [2.75, 3.05) is 7.11 Å². The Morgan fingerprint density at radius 2 is 2.12 bits per heavy atom. The topological polar surface area (TPSA) is 55.6 Å². The molecule has 1 amide bonds. The number of hydrogen-bond donors (Lipinski definition) is 1. The van der Waals surface area contributed by atoms with Crippen LogP contribution in [-0.2, 0) is 11.3 Å². The quantitative estimate of drug-likeness (QED) is 0.779. The van der Waals surface area contributed by atoms with Gasteiger partial charge in [-0.1, -0.05) is 24.3 Å². The lowest BCUT2D eigenvalue weighted by Gasteiger charge is -2.07. The minimum Gasteiger partial charge on any atom is -0.496 e. The highest BCUT2D eigenvalue weighted by atomic mass is 16.5. The van der Waals surface area contributed by atoms with Gasteiger partial charge in [-0.15, -0.1) is 0 Å². The third kappa shape index (κ3) is 2.97. The second-order valence-corrected chi connectivity index (χ2v) is 6.54. The number of hydrogen-bond acceptors (Lipinski definition) is 3. The molecule has 1 fully saturated rings. The van der Waals surface area contributed by atoms with Gasteiger partial charge < -0.3 is 14.5 Å². The number of para-hydroxylation sites is 1. The van der Waals surface area contributed by atoms with Gasteiger partial charge in [0.2, 0.25) is 5.91 Å². The first-order chi connectivity index (χ1) is 12.2. The average molecular weight is 335 g/mol. The van der Waals surface area contributed by atoms with Gasteiger partial charge in [0.05, 0.1) is 19.3 Å². The zero-order valence-corrected chi connectivity index (χ0v) is 14.4. The summed E-state index contributed by atoms with van der Waals surface area (Å²) < 4.78 is 7.44. The maximum Gasteiger partial charge on any atom is 0.224 e. The smallest absolute Gasteiger partial charge is 0.224 e. The number of nitrogens with zero attached hydrogens (tertiary/aromatic N) is 2. The van der Waals surface area contributed by atoms with Crippen molar-refractivity contribution in [1.29, 1.82) is 0 Å². The van der Waals surface area contributed by atoms with Crippen LogP contribution in [0.1, 0.15) is 29.3 Å². The van der Waals surface area contributed by atoms with Crippen LogP contribution in [0.15, 0.2) is 48.7 Å². The van der Waals surface area contributed by atoms with E-state index in [4.69, 9.17) is 4.74 Å². The van der Waals surface area contributed by atoms with E-state index >= 15 is 0 Å². The van der Waals surface area contributed by atoms with Gasteiger partial charge >= 0.3 is 0 Å². The molecule has 25 heavy (non-hydrogen) atoms. The zero-order valence-electron chi connectivity index (χ0n) is 14.4. The van der Waals surface area contributed by atoms with Crippen molar-refractivity contribution < 1.29 is 9.53 Å².